The number of hydrogen-bond acceptors (Lipinski definition) is 3. The molecule has 0 radical (unpaired) electrons. The predicted octanol–water partition coefficient (Wildman–Crippen LogP) is 1.84. The third-order valence-corrected chi connectivity index (χ3v) is 3.80. The Kier molecular flexibility index (Phi) is 5.39. The number of hydrogen-bond donors (Lipinski definition) is 2. The van der Waals surface area contributed by atoms with Crippen molar-refractivity contribution in [2.24, 2.45) is 0 Å². The van der Waals surface area contributed by atoms with Crippen molar-refractivity contribution in [1.29, 1.82) is 0 Å². The number of piperidine rings is 1. The number of carbonyl (C=O) groups is 2. The molecule has 20 heavy (non-hydrogen) atoms. The van der Waals surface area contributed by atoms with E-state index in [-0.39, 0.29) is 6.03 Å². The molecule has 1 fully saturated rings. The van der Waals surface area contributed by atoms with Gasteiger partial charge in [0.05, 0.1) is 5.60 Å². The summed E-state index contributed by atoms with van der Waals surface area (Å²) >= 11 is 0. The van der Waals surface area contributed by atoms with Gasteiger partial charge in [0.25, 0.3) is 0 Å². The minimum atomic E-state index is -1.11. The van der Waals surface area contributed by atoms with Crippen molar-refractivity contribution >= 4 is 12.0 Å². The largest absolute Gasteiger partial charge is 0.480 e. The lowest BCUT2D eigenvalue weighted by Crippen LogP contribution is -2.60. The molecular formula is C14H26N2O4. The molecule has 0 aromatic heterocycles. The first-order valence-corrected chi connectivity index (χ1v) is 7.16. The summed E-state index contributed by atoms with van der Waals surface area (Å²) in [5.41, 5.74) is -1.57. The number of nitrogens with one attached hydrogen (secondary N) is 1. The van der Waals surface area contributed by atoms with Gasteiger partial charge in [0.1, 0.15) is 5.54 Å². The molecule has 0 saturated carbocycles. The zero-order valence-electron chi connectivity index (χ0n) is 12.9. The van der Waals surface area contributed by atoms with E-state index in [2.05, 4.69) is 5.32 Å². The Labute approximate surface area is 120 Å². The number of likely N-dealkylation sites (tertiary alicyclic amines) is 1. The quantitative estimate of drug-likeness (QED) is 0.808. The van der Waals surface area contributed by atoms with Gasteiger partial charge in [-0.2, -0.15) is 0 Å². The first-order valence-electron chi connectivity index (χ1n) is 7.16. The van der Waals surface area contributed by atoms with Crippen molar-refractivity contribution in [3.63, 3.8) is 0 Å². The van der Waals surface area contributed by atoms with Crippen molar-refractivity contribution < 1.29 is 19.4 Å². The van der Waals surface area contributed by atoms with Crippen LogP contribution in [-0.4, -0.2) is 52.8 Å². The molecule has 0 aliphatic carbocycles. The fourth-order valence-electron chi connectivity index (χ4n) is 2.49. The normalized spacial score (nSPS) is 23.5. The maximum atomic E-state index is 12.3. The van der Waals surface area contributed by atoms with E-state index in [0.29, 0.717) is 26.1 Å². The summed E-state index contributed by atoms with van der Waals surface area (Å²) in [4.78, 5) is 25.1. The van der Waals surface area contributed by atoms with Crippen LogP contribution in [0.2, 0.25) is 0 Å². The smallest absolute Gasteiger partial charge is 0.329 e. The van der Waals surface area contributed by atoms with E-state index >= 15 is 0 Å². The molecule has 2 N–H and O–H groups in total. The number of carbonyl (C=O) groups excluding carboxylic acids is 1. The molecule has 0 bridgehead atoms. The Morgan fingerprint density at radius 2 is 2.05 bits per heavy atom. The minimum absolute atomic E-state index is 0.331. The van der Waals surface area contributed by atoms with E-state index in [4.69, 9.17) is 4.74 Å². The van der Waals surface area contributed by atoms with Gasteiger partial charge in [-0.15, -0.1) is 0 Å². The summed E-state index contributed by atoms with van der Waals surface area (Å²) in [5, 5.41) is 12.2. The van der Waals surface area contributed by atoms with E-state index in [1.54, 1.807) is 6.92 Å². The molecule has 2 amide bonds. The molecule has 1 atom stereocenters. The molecule has 0 aromatic carbocycles. The van der Waals surface area contributed by atoms with E-state index < -0.39 is 17.1 Å². The highest BCUT2D eigenvalue weighted by atomic mass is 16.5. The van der Waals surface area contributed by atoms with E-state index in [9.17, 15) is 14.7 Å². The molecule has 6 nitrogen and oxygen atoms in total. The summed E-state index contributed by atoms with van der Waals surface area (Å²) in [5.74, 6) is -0.948. The van der Waals surface area contributed by atoms with Gasteiger partial charge in [0.15, 0.2) is 0 Å². The van der Waals surface area contributed by atoms with Crippen molar-refractivity contribution in [2.75, 3.05) is 19.7 Å². The molecule has 1 unspecified atom stereocenters. The van der Waals surface area contributed by atoms with Crippen LogP contribution in [0.1, 0.15) is 47.0 Å². The fraction of sp³-hybridized carbons (Fsp3) is 0.857. The maximum absolute atomic E-state index is 12.3. The fourth-order valence-corrected chi connectivity index (χ4v) is 2.49. The van der Waals surface area contributed by atoms with Gasteiger partial charge >= 0.3 is 12.0 Å². The monoisotopic (exact) mass is 286 g/mol. The lowest BCUT2D eigenvalue weighted by atomic mass is 9.89. The predicted molar refractivity (Wildman–Crippen MR) is 75.7 cm³/mol. The van der Waals surface area contributed by atoms with Crippen molar-refractivity contribution in [2.45, 2.75) is 58.1 Å². The molecule has 1 heterocycles. The molecule has 1 saturated heterocycles. The van der Waals surface area contributed by atoms with Gasteiger partial charge in [-0.3, -0.25) is 0 Å². The Morgan fingerprint density at radius 3 is 2.60 bits per heavy atom. The summed E-state index contributed by atoms with van der Waals surface area (Å²) in [6, 6.07) is -0.331. The zero-order chi connectivity index (χ0) is 15.4. The first-order chi connectivity index (χ1) is 9.23. The zero-order valence-corrected chi connectivity index (χ0v) is 12.9. The SMILES string of the molecule is CCOC(C)(C)CNC(=O)N1CCCCC1(C)C(=O)O. The number of urea groups is 1. The number of rotatable bonds is 5. The van der Waals surface area contributed by atoms with Crippen LogP contribution in [0.5, 0.6) is 0 Å². The van der Waals surface area contributed by atoms with Crippen LogP contribution in [0.3, 0.4) is 0 Å². The number of carboxylic acid groups (broad SMARTS) is 1. The van der Waals surface area contributed by atoms with E-state index in [1.807, 2.05) is 20.8 Å². The summed E-state index contributed by atoms with van der Waals surface area (Å²) in [6.45, 7) is 8.69. The Balaban J connectivity index is 2.67. The van der Waals surface area contributed by atoms with Crippen LogP contribution in [0, 0.1) is 0 Å². The first kappa shape index (κ1) is 16.8. The Bertz CT molecular complexity index is 370. The van der Waals surface area contributed by atoms with Gasteiger partial charge < -0.3 is 20.1 Å². The van der Waals surface area contributed by atoms with Gasteiger partial charge in [-0.05, 0) is 47.0 Å². The van der Waals surface area contributed by atoms with Crippen molar-refractivity contribution in [3.8, 4) is 0 Å². The van der Waals surface area contributed by atoms with Crippen LogP contribution in [0.25, 0.3) is 0 Å². The molecule has 1 aliphatic heterocycles. The second kappa shape index (κ2) is 6.43. The molecule has 0 aromatic rings. The van der Waals surface area contributed by atoms with Crippen molar-refractivity contribution in [3.05, 3.63) is 0 Å². The lowest BCUT2D eigenvalue weighted by molar-refractivity contribution is -0.150. The van der Waals surface area contributed by atoms with E-state index in [0.717, 1.165) is 12.8 Å². The van der Waals surface area contributed by atoms with Gasteiger partial charge in [0.2, 0.25) is 0 Å². The topological polar surface area (TPSA) is 78.9 Å². The van der Waals surface area contributed by atoms with E-state index in [1.165, 1.54) is 4.90 Å². The number of amides is 2. The van der Waals surface area contributed by atoms with Crippen molar-refractivity contribution in [1.82, 2.24) is 10.2 Å². The summed E-state index contributed by atoms with van der Waals surface area (Å²) < 4.78 is 5.52. The average molecular weight is 286 g/mol. The highest BCUT2D eigenvalue weighted by Gasteiger charge is 2.44. The molecule has 116 valence electrons. The van der Waals surface area contributed by atoms with Crippen LogP contribution in [0.15, 0.2) is 0 Å². The average Bonchev–Trinajstić information content (AvgIpc) is 2.36. The second-order valence-corrected chi connectivity index (χ2v) is 6.04. The highest BCUT2D eigenvalue weighted by Crippen LogP contribution is 2.28. The van der Waals surface area contributed by atoms with Crippen LogP contribution in [0.4, 0.5) is 4.79 Å². The number of nitrogens with zero attached hydrogens (tertiary/aromatic N) is 1. The van der Waals surface area contributed by atoms with Gasteiger partial charge in [-0.25, -0.2) is 9.59 Å². The summed E-state index contributed by atoms with van der Waals surface area (Å²) in [7, 11) is 0. The number of carboxylic acids is 1. The van der Waals surface area contributed by atoms with Gasteiger partial charge in [-0.1, -0.05) is 0 Å². The standard InChI is InChI=1S/C14H26N2O4/c1-5-20-13(2,3)10-15-12(19)16-9-7-6-8-14(16,4)11(17)18/h5-10H2,1-4H3,(H,15,19)(H,17,18). The highest BCUT2D eigenvalue weighted by molar-refractivity contribution is 5.86. The number of aliphatic carboxylic acids is 1. The van der Waals surface area contributed by atoms with Crippen LogP contribution >= 0.6 is 0 Å². The molecule has 1 aliphatic rings. The third-order valence-electron chi connectivity index (χ3n) is 3.80. The molecule has 0 spiro atoms. The minimum Gasteiger partial charge on any atom is -0.480 e. The van der Waals surface area contributed by atoms with Crippen LogP contribution < -0.4 is 5.32 Å². The molecular weight excluding hydrogens is 260 g/mol. The Morgan fingerprint density at radius 1 is 1.40 bits per heavy atom. The number of ether oxygens (including phenoxy) is 1. The molecule has 1 rings (SSSR count). The maximum Gasteiger partial charge on any atom is 0.329 e. The van der Waals surface area contributed by atoms with Gasteiger partial charge in [0, 0.05) is 19.7 Å². The second-order valence-electron chi connectivity index (χ2n) is 6.04. The molecule has 6 heteroatoms. The third kappa shape index (κ3) is 3.85. The summed E-state index contributed by atoms with van der Waals surface area (Å²) in [6.07, 6.45) is 2.16. The Hall–Kier alpha value is -1.30. The van der Waals surface area contributed by atoms with Crippen LogP contribution in [-0.2, 0) is 9.53 Å². The lowest BCUT2D eigenvalue weighted by Gasteiger charge is -2.41.